The predicted molar refractivity (Wildman–Crippen MR) is 134 cm³/mol. The topological polar surface area (TPSA) is 54.4 Å². The third-order valence-corrected chi connectivity index (χ3v) is 14.7. The SMILES string of the molecule is CC1(C)CC[C@]2(C(=O)O)CC[C@]3(C)C(=CC[C@]4(C)[C@@]5(C)CCC(=O)[C@@]6(C)C[C@@]56CC[C@]43C)[C@@H]2C1. The molecule has 0 unspecified atom stereocenters. The zero-order valence-corrected chi connectivity index (χ0v) is 22.7. The molecule has 0 aromatic heterocycles. The molecule has 6 rings (SSSR count). The lowest BCUT2D eigenvalue weighted by Gasteiger charge is -2.74. The molecule has 34 heavy (non-hydrogen) atoms. The van der Waals surface area contributed by atoms with Gasteiger partial charge in [0.15, 0.2) is 0 Å². The van der Waals surface area contributed by atoms with Gasteiger partial charge < -0.3 is 5.11 Å². The first kappa shape index (κ1) is 23.3. The van der Waals surface area contributed by atoms with Gasteiger partial charge in [-0.15, -0.1) is 0 Å². The van der Waals surface area contributed by atoms with Crippen LogP contribution < -0.4 is 0 Å². The van der Waals surface area contributed by atoms with Crippen molar-refractivity contribution in [3.63, 3.8) is 0 Å². The van der Waals surface area contributed by atoms with Crippen LogP contribution in [0.2, 0.25) is 0 Å². The monoisotopic (exact) mass is 466 g/mol. The summed E-state index contributed by atoms with van der Waals surface area (Å²) in [5.41, 5.74) is 1.65. The molecule has 0 aromatic rings. The van der Waals surface area contributed by atoms with Gasteiger partial charge in [-0.2, -0.15) is 0 Å². The van der Waals surface area contributed by atoms with Gasteiger partial charge in [0, 0.05) is 11.8 Å². The van der Waals surface area contributed by atoms with Crippen LogP contribution in [0.1, 0.15) is 119 Å². The third-order valence-electron chi connectivity index (χ3n) is 14.7. The molecule has 1 N–H and O–H groups in total. The Morgan fingerprint density at radius 3 is 2.18 bits per heavy atom. The number of rotatable bonds is 1. The van der Waals surface area contributed by atoms with Crippen molar-refractivity contribution in [3.8, 4) is 0 Å². The lowest BCUT2D eigenvalue weighted by molar-refractivity contribution is -0.226. The molecule has 188 valence electrons. The molecule has 0 heterocycles. The van der Waals surface area contributed by atoms with Crippen molar-refractivity contribution in [2.24, 2.45) is 49.2 Å². The van der Waals surface area contributed by atoms with Gasteiger partial charge in [0.05, 0.1) is 5.41 Å². The normalized spacial score (nSPS) is 57.2. The third kappa shape index (κ3) is 2.13. The number of carbonyl (C=O) groups is 2. The molecule has 8 atom stereocenters. The summed E-state index contributed by atoms with van der Waals surface area (Å²) in [5, 5.41) is 10.5. The minimum atomic E-state index is -0.572. The number of carboxylic acid groups (broad SMARTS) is 1. The molecule has 6 aliphatic rings. The van der Waals surface area contributed by atoms with Crippen LogP contribution in [-0.4, -0.2) is 16.9 Å². The van der Waals surface area contributed by atoms with Crippen molar-refractivity contribution >= 4 is 11.8 Å². The van der Waals surface area contributed by atoms with Crippen molar-refractivity contribution in [2.75, 3.05) is 0 Å². The average Bonchev–Trinajstić information content (AvgIpc) is 3.40. The fourth-order valence-electron chi connectivity index (χ4n) is 11.7. The predicted octanol–water partition coefficient (Wildman–Crippen LogP) is 7.59. The van der Waals surface area contributed by atoms with E-state index in [1.54, 1.807) is 0 Å². The van der Waals surface area contributed by atoms with Crippen LogP contribution in [0, 0.1) is 49.2 Å². The standard InChI is InChI=1S/C31H46O3/c1-24(2)12-15-30(23(33)34)16-13-25(3)20(21(30)18-24)8-10-28(6)27(25,5)14-17-31-19-26(31,4)22(32)9-11-29(28,31)7/h8,21H,9-19H2,1-7H3,(H,33,34)/t21-,25+,26+,27-,28-,29+,30-,31+/m0/s1. The summed E-state index contributed by atoms with van der Waals surface area (Å²) in [5.74, 6) is 0.129. The molecule has 0 saturated heterocycles. The van der Waals surface area contributed by atoms with E-state index in [1.807, 2.05) is 0 Å². The Kier molecular flexibility index (Phi) is 4.14. The van der Waals surface area contributed by atoms with Crippen molar-refractivity contribution in [2.45, 2.75) is 119 Å². The van der Waals surface area contributed by atoms with Crippen LogP contribution in [0.4, 0.5) is 0 Å². The second-order valence-corrected chi connectivity index (χ2v) is 15.6. The zero-order valence-electron chi connectivity index (χ0n) is 22.7. The summed E-state index contributed by atoms with van der Waals surface area (Å²) in [6, 6.07) is 0. The fraction of sp³-hybridized carbons (Fsp3) is 0.871. The number of hydrogen-bond acceptors (Lipinski definition) is 2. The largest absolute Gasteiger partial charge is 0.481 e. The second kappa shape index (κ2) is 6.05. The number of allylic oxidation sites excluding steroid dienone is 2. The van der Waals surface area contributed by atoms with Crippen molar-refractivity contribution in [3.05, 3.63) is 11.6 Å². The highest BCUT2D eigenvalue weighted by Crippen LogP contribution is 2.89. The molecule has 0 amide bonds. The number of fused-ring (bicyclic) bond motifs is 6. The lowest BCUT2D eigenvalue weighted by atomic mass is 9.29. The second-order valence-electron chi connectivity index (χ2n) is 15.6. The van der Waals surface area contributed by atoms with Gasteiger partial charge in [0.25, 0.3) is 0 Å². The smallest absolute Gasteiger partial charge is 0.310 e. The number of carbonyl (C=O) groups excluding carboxylic acids is 1. The molecule has 0 aromatic carbocycles. The highest BCUT2D eigenvalue weighted by molar-refractivity contribution is 5.90. The summed E-state index contributed by atoms with van der Waals surface area (Å²) in [7, 11) is 0. The zero-order chi connectivity index (χ0) is 24.8. The van der Waals surface area contributed by atoms with Gasteiger partial charge in [-0.05, 0) is 103 Å². The average molecular weight is 467 g/mol. The van der Waals surface area contributed by atoms with E-state index in [1.165, 1.54) is 18.4 Å². The van der Waals surface area contributed by atoms with E-state index >= 15 is 0 Å². The van der Waals surface area contributed by atoms with E-state index in [2.05, 4.69) is 54.5 Å². The van der Waals surface area contributed by atoms with Gasteiger partial charge in [-0.25, -0.2) is 0 Å². The summed E-state index contributed by atoms with van der Waals surface area (Å²) in [4.78, 5) is 25.9. The molecule has 3 heteroatoms. The number of aliphatic carboxylic acids is 1. The van der Waals surface area contributed by atoms with Crippen molar-refractivity contribution in [1.82, 2.24) is 0 Å². The van der Waals surface area contributed by atoms with E-state index in [0.29, 0.717) is 5.78 Å². The van der Waals surface area contributed by atoms with Crippen LogP contribution in [0.3, 0.4) is 0 Å². The Balaban J connectivity index is 1.50. The Hall–Kier alpha value is -1.12. The Bertz CT molecular complexity index is 1040. The maximum atomic E-state index is 13.0. The number of hydrogen-bond donors (Lipinski definition) is 1. The summed E-state index contributed by atoms with van der Waals surface area (Å²) < 4.78 is 0. The number of carboxylic acids is 1. The minimum Gasteiger partial charge on any atom is -0.481 e. The first-order valence-corrected chi connectivity index (χ1v) is 14.1. The van der Waals surface area contributed by atoms with Crippen LogP contribution >= 0.6 is 0 Å². The van der Waals surface area contributed by atoms with Gasteiger partial charge in [0.2, 0.25) is 0 Å². The Labute approximate surface area is 206 Å². The molecule has 5 saturated carbocycles. The van der Waals surface area contributed by atoms with E-state index in [9.17, 15) is 14.7 Å². The van der Waals surface area contributed by atoms with Crippen LogP contribution in [0.5, 0.6) is 0 Å². The van der Waals surface area contributed by atoms with Gasteiger partial charge in [-0.1, -0.05) is 60.1 Å². The molecule has 6 aliphatic carbocycles. The van der Waals surface area contributed by atoms with Crippen LogP contribution in [0.25, 0.3) is 0 Å². The molecule has 3 nitrogen and oxygen atoms in total. The summed E-state index contributed by atoms with van der Waals surface area (Å²) in [6.45, 7) is 17.2. The van der Waals surface area contributed by atoms with Gasteiger partial charge in [-0.3, -0.25) is 9.59 Å². The molecule has 5 fully saturated rings. The first-order chi connectivity index (χ1) is 15.6. The molecule has 0 radical (unpaired) electrons. The van der Waals surface area contributed by atoms with E-state index in [0.717, 1.165) is 57.8 Å². The van der Waals surface area contributed by atoms with Crippen molar-refractivity contribution in [1.29, 1.82) is 0 Å². The summed E-state index contributed by atoms with van der Waals surface area (Å²) in [6.07, 6.45) is 13.5. The quantitative estimate of drug-likeness (QED) is 0.405. The van der Waals surface area contributed by atoms with Crippen molar-refractivity contribution < 1.29 is 14.7 Å². The molecular weight excluding hydrogens is 420 g/mol. The Morgan fingerprint density at radius 2 is 1.50 bits per heavy atom. The molecule has 1 spiro atoms. The maximum absolute atomic E-state index is 13.0. The van der Waals surface area contributed by atoms with Crippen LogP contribution in [-0.2, 0) is 9.59 Å². The number of ketones is 1. The van der Waals surface area contributed by atoms with E-state index in [-0.39, 0.29) is 43.8 Å². The van der Waals surface area contributed by atoms with E-state index < -0.39 is 11.4 Å². The lowest BCUT2D eigenvalue weighted by Crippen LogP contribution is -2.68. The molecule has 0 aliphatic heterocycles. The maximum Gasteiger partial charge on any atom is 0.310 e. The number of Topliss-reactive ketones (excluding diaryl/α,β-unsaturated/α-hetero) is 1. The van der Waals surface area contributed by atoms with Crippen LogP contribution in [0.15, 0.2) is 11.6 Å². The summed E-state index contributed by atoms with van der Waals surface area (Å²) >= 11 is 0. The molecule has 0 bridgehead atoms. The van der Waals surface area contributed by atoms with Gasteiger partial charge in [0.1, 0.15) is 5.78 Å². The minimum absolute atomic E-state index is 0.0361. The molecular formula is C31H46O3. The Morgan fingerprint density at radius 1 is 0.824 bits per heavy atom. The van der Waals surface area contributed by atoms with Gasteiger partial charge >= 0.3 is 5.97 Å². The fourth-order valence-corrected chi connectivity index (χ4v) is 11.7. The highest BCUT2D eigenvalue weighted by Gasteiger charge is 2.84. The first-order valence-electron chi connectivity index (χ1n) is 14.1. The van der Waals surface area contributed by atoms with E-state index in [4.69, 9.17) is 0 Å². The highest BCUT2D eigenvalue weighted by atomic mass is 16.4.